The lowest BCUT2D eigenvalue weighted by molar-refractivity contribution is -0.129. The Labute approximate surface area is 152 Å². The number of amides is 1. The van der Waals surface area contributed by atoms with Crippen molar-refractivity contribution in [2.75, 3.05) is 24.6 Å². The third-order valence-corrected chi connectivity index (χ3v) is 5.39. The van der Waals surface area contributed by atoms with E-state index in [2.05, 4.69) is 45.3 Å². The maximum absolute atomic E-state index is 12.3. The Bertz CT molecular complexity index is 689. The standard InChI is InChI=1S/C18H23N5OS/c19-17-20-13-21-18(22-17)25-12-16(24)23-10-8-15(9-11-23)7-6-14-4-2-1-3-5-14/h1-5,13,15H,6-12H2,(H2,19,20,21,22). The van der Waals surface area contributed by atoms with E-state index in [-0.39, 0.29) is 11.9 Å². The van der Waals surface area contributed by atoms with Crippen LogP contribution >= 0.6 is 11.8 Å². The number of hydrogen-bond acceptors (Lipinski definition) is 6. The average Bonchev–Trinajstić information content (AvgIpc) is 2.66. The van der Waals surface area contributed by atoms with Crippen molar-refractivity contribution in [2.24, 2.45) is 5.92 Å². The molecule has 1 aliphatic heterocycles. The van der Waals surface area contributed by atoms with Gasteiger partial charge < -0.3 is 10.6 Å². The molecule has 0 spiro atoms. The number of carbonyl (C=O) groups excluding carboxylic acids is 1. The van der Waals surface area contributed by atoms with Gasteiger partial charge in [0, 0.05) is 13.1 Å². The lowest BCUT2D eigenvalue weighted by Crippen LogP contribution is -2.39. The third-order valence-electron chi connectivity index (χ3n) is 4.54. The zero-order valence-corrected chi connectivity index (χ0v) is 15.0. The molecule has 0 bridgehead atoms. The molecule has 0 aliphatic carbocycles. The maximum atomic E-state index is 12.3. The number of aromatic nitrogens is 3. The van der Waals surface area contributed by atoms with Crippen LogP contribution in [0, 0.1) is 5.92 Å². The van der Waals surface area contributed by atoms with Crippen molar-refractivity contribution in [2.45, 2.75) is 30.8 Å². The highest BCUT2D eigenvalue weighted by atomic mass is 32.2. The quantitative estimate of drug-likeness (QED) is 0.799. The van der Waals surface area contributed by atoms with Crippen molar-refractivity contribution >= 4 is 23.6 Å². The Hall–Kier alpha value is -2.15. The molecular weight excluding hydrogens is 334 g/mol. The van der Waals surface area contributed by atoms with Crippen LogP contribution < -0.4 is 5.73 Å². The van der Waals surface area contributed by atoms with Gasteiger partial charge in [0.15, 0.2) is 5.16 Å². The van der Waals surface area contributed by atoms with Gasteiger partial charge in [-0.25, -0.2) is 9.97 Å². The second kappa shape index (κ2) is 8.80. The molecule has 25 heavy (non-hydrogen) atoms. The molecule has 1 aromatic carbocycles. The number of rotatable bonds is 6. The predicted octanol–water partition coefficient (Wildman–Crippen LogP) is 2.42. The summed E-state index contributed by atoms with van der Waals surface area (Å²) in [5.74, 6) is 1.38. The van der Waals surface area contributed by atoms with Gasteiger partial charge in [-0.3, -0.25) is 4.79 Å². The topological polar surface area (TPSA) is 85.0 Å². The number of nitrogens with zero attached hydrogens (tertiary/aromatic N) is 4. The Balaban J connectivity index is 1.38. The van der Waals surface area contributed by atoms with Gasteiger partial charge in [-0.05, 0) is 37.2 Å². The fraction of sp³-hybridized carbons (Fsp3) is 0.444. The Morgan fingerprint density at radius 2 is 1.96 bits per heavy atom. The predicted molar refractivity (Wildman–Crippen MR) is 99.0 cm³/mol. The van der Waals surface area contributed by atoms with Crippen LogP contribution in [0.1, 0.15) is 24.8 Å². The van der Waals surface area contributed by atoms with Crippen LogP contribution in [-0.4, -0.2) is 44.6 Å². The summed E-state index contributed by atoms with van der Waals surface area (Å²) < 4.78 is 0. The SMILES string of the molecule is Nc1ncnc(SCC(=O)N2CCC(CCc3ccccc3)CC2)n1. The van der Waals surface area contributed by atoms with E-state index in [0.717, 1.165) is 32.4 Å². The van der Waals surface area contributed by atoms with E-state index < -0.39 is 0 Å². The number of piperidine rings is 1. The molecule has 2 aromatic rings. The first-order valence-corrected chi connectivity index (χ1v) is 9.58. The highest BCUT2D eigenvalue weighted by Gasteiger charge is 2.22. The lowest BCUT2D eigenvalue weighted by atomic mass is 9.90. The van der Waals surface area contributed by atoms with Crippen LogP contribution in [0.2, 0.25) is 0 Å². The molecule has 1 fully saturated rings. The number of benzene rings is 1. The number of nitrogen functional groups attached to an aromatic ring is 1. The molecule has 1 aromatic heterocycles. The van der Waals surface area contributed by atoms with Crippen molar-refractivity contribution in [3.63, 3.8) is 0 Å². The Morgan fingerprint density at radius 3 is 2.68 bits per heavy atom. The molecule has 2 N–H and O–H groups in total. The number of aryl methyl sites for hydroxylation is 1. The second-order valence-electron chi connectivity index (χ2n) is 6.26. The van der Waals surface area contributed by atoms with Gasteiger partial charge in [-0.1, -0.05) is 42.1 Å². The van der Waals surface area contributed by atoms with Gasteiger partial charge >= 0.3 is 0 Å². The normalized spacial score (nSPS) is 15.3. The fourth-order valence-corrected chi connectivity index (χ4v) is 3.78. The van der Waals surface area contributed by atoms with Crippen molar-refractivity contribution < 1.29 is 4.79 Å². The number of likely N-dealkylation sites (tertiary alicyclic amines) is 1. The van der Waals surface area contributed by atoms with Crippen LogP contribution in [0.5, 0.6) is 0 Å². The lowest BCUT2D eigenvalue weighted by Gasteiger charge is -2.32. The molecule has 0 unspecified atom stereocenters. The van der Waals surface area contributed by atoms with Gasteiger partial charge in [0.25, 0.3) is 0 Å². The summed E-state index contributed by atoms with van der Waals surface area (Å²) in [5, 5.41) is 0.499. The summed E-state index contributed by atoms with van der Waals surface area (Å²) in [4.78, 5) is 26.1. The molecule has 0 radical (unpaired) electrons. The van der Waals surface area contributed by atoms with E-state index in [1.54, 1.807) is 0 Å². The molecule has 0 atom stereocenters. The molecule has 3 rings (SSSR count). The summed E-state index contributed by atoms with van der Waals surface area (Å²) in [6.45, 7) is 1.69. The van der Waals surface area contributed by atoms with Crippen LogP contribution in [0.3, 0.4) is 0 Å². The van der Waals surface area contributed by atoms with Crippen LogP contribution in [-0.2, 0) is 11.2 Å². The highest BCUT2D eigenvalue weighted by molar-refractivity contribution is 7.99. The minimum absolute atomic E-state index is 0.144. The molecule has 6 nitrogen and oxygen atoms in total. The zero-order chi connectivity index (χ0) is 17.5. The third kappa shape index (κ3) is 5.42. The first kappa shape index (κ1) is 17.7. The largest absolute Gasteiger partial charge is 0.368 e. The fourth-order valence-electron chi connectivity index (χ4n) is 3.07. The summed E-state index contributed by atoms with van der Waals surface area (Å²) >= 11 is 1.31. The van der Waals surface area contributed by atoms with E-state index in [4.69, 9.17) is 5.73 Å². The molecule has 1 saturated heterocycles. The number of thioether (sulfide) groups is 1. The van der Waals surface area contributed by atoms with Crippen LogP contribution in [0.4, 0.5) is 5.95 Å². The number of anilines is 1. The minimum atomic E-state index is 0.144. The van der Waals surface area contributed by atoms with Crippen molar-refractivity contribution in [3.05, 3.63) is 42.2 Å². The molecule has 1 amide bonds. The second-order valence-corrected chi connectivity index (χ2v) is 7.21. The van der Waals surface area contributed by atoms with Gasteiger partial charge in [0.2, 0.25) is 11.9 Å². The van der Waals surface area contributed by atoms with Gasteiger partial charge in [-0.15, -0.1) is 0 Å². The van der Waals surface area contributed by atoms with Gasteiger partial charge in [0.1, 0.15) is 6.33 Å². The monoisotopic (exact) mass is 357 g/mol. The maximum Gasteiger partial charge on any atom is 0.233 e. The summed E-state index contributed by atoms with van der Waals surface area (Å²) in [7, 11) is 0. The molecule has 2 heterocycles. The summed E-state index contributed by atoms with van der Waals surface area (Å²) in [5.41, 5.74) is 6.92. The Kier molecular flexibility index (Phi) is 6.22. The van der Waals surface area contributed by atoms with Gasteiger partial charge in [-0.2, -0.15) is 4.98 Å². The van der Waals surface area contributed by atoms with E-state index in [1.165, 1.54) is 30.1 Å². The first-order valence-electron chi connectivity index (χ1n) is 8.60. The molecular formula is C18H23N5OS. The highest BCUT2D eigenvalue weighted by Crippen LogP contribution is 2.23. The smallest absolute Gasteiger partial charge is 0.233 e. The zero-order valence-electron chi connectivity index (χ0n) is 14.2. The summed E-state index contributed by atoms with van der Waals surface area (Å²) in [6, 6.07) is 10.6. The van der Waals surface area contributed by atoms with E-state index in [9.17, 15) is 4.79 Å². The number of carbonyl (C=O) groups is 1. The molecule has 1 aliphatic rings. The van der Waals surface area contributed by atoms with E-state index in [1.807, 2.05) is 4.90 Å². The van der Waals surface area contributed by atoms with Crippen LogP contribution in [0.25, 0.3) is 0 Å². The number of nitrogens with two attached hydrogens (primary N) is 1. The number of hydrogen-bond donors (Lipinski definition) is 1. The minimum Gasteiger partial charge on any atom is -0.368 e. The summed E-state index contributed by atoms with van der Waals surface area (Å²) in [6.07, 6.45) is 5.86. The van der Waals surface area contributed by atoms with Crippen LogP contribution in [0.15, 0.2) is 41.8 Å². The average molecular weight is 357 g/mol. The van der Waals surface area contributed by atoms with E-state index in [0.29, 0.717) is 16.8 Å². The first-order chi connectivity index (χ1) is 12.2. The van der Waals surface area contributed by atoms with Gasteiger partial charge in [0.05, 0.1) is 5.75 Å². The molecule has 132 valence electrons. The van der Waals surface area contributed by atoms with Crippen molar-refractivity contribution in [1.82, 2.24) is 19.9 Å². The van der Waals surface area contributed by atoms with E-state index >= 15 is 0 Å². The Morgan fingerprint density at radius 1 is 1.20 bits per heavy atom. The molecule has 0 saturated carbocycles. The van der Waals surface area contributed by atoms with Crippen molar-refractivity contribution in [3.8, 4) is 0 Å². The molecule has 7 heteroatoms. The van der Waals surface area contributed by atoms with Crippen molar-refractivity contribution in [1.29, 1.82) is 0 Å².